The summed E-state index contributed by atoms with van der Waals surface area (Å²) in [6.07, 6.45) is 3.96. The minimum Gasteiger partial charge on any atom is -0.483 e. The molecule has 1 aromatic carbocycles. The van der Waals surface area contributed by atoms with E-state index in [-0.39, 0.29) is 24.5 Å². The van der Waals surface area contributed by atoms with Crippen LogP contribution in [0.3, 0.4) is 0 Å². The maximum Gasteiger partial charge on any atom is 0.258 e. The van der Waals surface area contributed by atoms with Gasteiger partial charge < -0.3 is 24.8 Å². The number of amides is 2. The van der Waals surface area contributed by atoms with E-state index in [1.807, 2.05) is 41.6 Å². The molecule has 3 aliphatic rings. The lowest BCUT2D eigenvalue weighted by molar-refractivity contribution is -0.123. The Morgan fingerprint density at radius 1 is 1.03 bits per heavy atom. The summed E-state index contributed by atoms with van der Waals surface area (Å²) in [5.41, 5.74) is 3.07. The minimum atomic E-state index is -0.224. The first-order valence-electron chi connectivity index (χ1n) is 13.2. The maximum atomic E-state index is 13.9. The Labute approximate surface area is 216 Å². The van der Waals surface area contributed by atoms with Crippen molar-refractivity contribution in [2.24, 2.45) is 0 Å². The van der Waals surface area contributed by atoms with E-state index >= 15 is 0 Å². The van der Waals surface area contributed by atoms with E-state index in [4.69, 9.17) is 14.8 Å². The number of ether oxygens (including phenoxy) is 1. The molecule has 0 radical (unpaired) electrons. The van der Waals surface area contributed by atoms with Crippen LogP contribution in [0.15, 0.2) is 30.3 Å². The molecule has 10 nitrogen and oxygen atoms in total. The summed E-state index contributed by atoms with van der Waals surface area (Å²) in [5, 5.41) is 7.94. The van der Waals surface area contributed by atoms with Gasteiger partial charge in [0.2, 0.25) is 0 Å². The number of nitrogens with zero attached hydrogens (tertiary/aromatic N) is 6. The third-order valence-corrected chi connectivity index (χ3v) is 7.58. The normalized spacial score (nSPS) is 20.8. The first-order valence-corrected chi connectivity index (χ1v) is 13.2. The van der Waals surface area contributed by atoms with Gasteiger partial charge in [-0.15, -0.1) is 0 Å². The standard InChI is InChI=1S/C27H33N7O3/c1-18-7-8-22-19(14-18)27(36)33-12-4-3-6-21(33)20-15-24-29-23(32-10-5-11-32)16-26(34(24)30-20)31(2)13-9-28-25(35)17-37-22/h7-8,14-16,21H,3-6,9-13,17H2,1-2H3,(H,28,35). The number of nitrogens with one attached hydrogen (secondary N) is 1. The van der Waals surface area contributed by atoms with Gasteiger partial charge in [-0.05, 0) is 44.7 Å². The number of likely N-dealkylation sites (N-methyl/N-ethyl adjacent to an activating group) is 1. The predicted molar refractivity (Wildman–Crippen MR) is 140 cm³/mol. The molecule has 6 rings (SSSR count). The zero-order valence-electron chi connectivity index (χ0n) is 21.4. The van der Waals surface area contributed by atoms with E-state index < -0.39 is 0 Å². The van der Waals surface area contributed by atoms with Crippen molar-refractivity contribution in [2.75, 3.05) is 56.2 Å². The number of anilines is 2. The molecule has 0 saturated carbocycles. The molecule has 2 amide bonds. The molecule has 10 heteroatoms. The van der Waals surface area contributed by atoms with E-state index in [2.05, 4.69) is 21.2 Å². The highest BCUT2D eigenvalue weighted by atomic mass is 16.5. The van der Waals surface area contributed by atoms with Crippen LogP contribution in [0.4, 0.5) is 11.6 Å². The molecule has 5 heterocycles. The molecule has 2 aromatic heterocycles. The third kappa shape index (κ3) is 4.45. The van der Waals surface area contributed by atoms with E-state index in [0.29, 0.717) is 30.9 Å². The fourth-order valence-corrected chi connectivity index (χ4v) is 5.35. The summed E-state index contributed by atoms with van der Waals surface area (Å²) in [7, 11) is 2.00. The van der Waals surface area contributed by atoms with E-state index in [0.717, 1.165) is 67.3 Å². The number of rotatable bonds is 1. The second-order valence-electron chi connectivity index (χ2n) is 10.2. The number of piperidine rings is 1. The van der Waals surface area contributed by atoms with Crippen molar-refractivity contribution >= 4 is 29.1 Å². The molecule has 37 heavy (non-hydrogen) atoms. The van der Waals surface area contributed by atoms with Gasteiger partial charge in [-0.1, -0.05) is 11.6 Å². The van der Waals surface area contributed by atoms with Gasteiger partial charge in [0.1, 0.15) is 17.4 Å². The van der Waals surface area contributed by atoms with Crippen molar-refractivity contribution in [1.82, 2.24) is 24.8 Å². The summed E-state index contributed by atoms with van der Waals surface area (Å²) >= 11 is 0. The molecule has 0 aliphatic carbocycles. The highest BCUT2D eigenvalue weighted by molar-refractivity contribution is 5.97. The van der Waals surface area contributed by atoms with E-state index in [1.54, 1.807) is 6.07 Å². The molecule has 2 bridgehead atoms. The first-order chi connectivity index (χ1) is 18.0. The quantitative estimate of drug-likeness (QED) is 0.545. The topological polar surface area (TPSA) is 95.3 Å². The molecule has 1 N–H and O–H groups in total. The molecular formula is C27H33N7O3. The summed E-state index contributed by atoms with van der Waals surface area (Å²) < 4.78 is 7.74. The molecule has 1 atom stereocenters. The van der Waals surface area contributed by atoms with Gasteiger partial charge in [0.05, 0.1) is 17.3 Å². The Bertz CT molecular complexity index is 1350. The van der Waals surface area contributed by atoms with Gasteiger partial charge in [-0.3, -0.25) is 9.59 Å². The van der Waals surface area contributed by atoms with E-state index in [1.165, 1.54) is 0 Å². The van der Waals surface area contributed by atoms with Crippen LogP contribution in [0.5, 0.6) is 5.75 Å². The smallest absolute Gasteiger partial charge is 0.258 e. The Morgan fingerprint density at radius 2 is 1.89 bits per heavy atom. The van der Waals surface area contributed by atoms with Gasteiger partial charge in [0.15, 0.2) is 12.3 Å². The lowest BCUT2D eigenvalue weighted by Crippen LogP contribution is -2.39. The van der Waals surface area contributed by atoms with Crippen molar-refractivity contribution in [1.29, 1.82) is 0 Å². The van der Waals surface area contributed by atoms with Crippen LogP contribution in [-0.4, -0.2) is 77.7 Å². The highest BCUT2D eigenvalue weighted by Gasteiger charge is 2.33. The zero-order valence-corrected chi connectivity index (χ0v) is 21.4. The molecule has 194 valence electrons. The number of aryl methyl sites for hydroxylation is 1. The predicted octanol–water partition coefficient (Wildman–Crippen LogP) is 2.56. The summed E-state index contributed by atoms with van der Waals surface area (Å²) in [5.74, 6) is 1.95. The van der Waals surface area contributed by atoms with Crippen molar-refractivity contribution < 1.29 is 14.3 Å². The number of carbonyl (C=O) groups excluding carboxylic acids is 2. The summed E-state index contributed by atoms with van der Waals surface area (Å²) in [6, 6.07) is 9.48. The average Bonchev–Trinajstić information content (AvgIpc) is 3.29. The van der Waals surface area contributed by atoms with Crippen molar-refractivity contribution in [3.05, 3.63) is 47.2 Å². The summed E-state index contributed by atoms with van der Waals surface area (Å²) in [4.78, 5) is 37.7. The average molecular weight is 504 g/mol. The second kappa shape index (κ2) is 9.57. The molecule has 3 aliphatic heterocycles. The largest absolute Gasteiger partial charge is 0.483 e. The first kappa shape index (κ1) is 23.6. The van der Waals surface area contributed by atoms with Crippen LogP contribution >= 0.6 is 0 Å². The number of aromatic nitrogens is 3. The molecule has 3 aromatic rings. The number of hydrogen-bond acceptors (Lipinski definition) is 7. The molecular weight excluding hydrogens is 470 g/mol. The molecule has 2 saturated heterocycles. The van der Waals surface area contributed by atoms with Crippen LogP contribution < -0.4 is 19.9 Å². The molecule has 1 unspecified atom stereocenters. The Morgan fingerprint density at radius 3 is 2.70 bits per heavy atom. The Hall–Kier alpha value is -3.82. The highest BCUT2D eigenvalue weighted by Crippen LogP contribution is 2.35. The lowest BCUT2D eigenvalue weighted by atomic mass is 9.97. The van der Waals surface area contributed by atoms with Crippen LogP contribution in [0.2, 0.25) is 0 Å². The van der Waals surface area contributed by atoms with Crippen molar-refractivity contribution in [3.63, 3.8) is 0 Å². The van der Waals surface area contributed by atoms with Gasteiger partial charge >= 0.3 is 0 Å². The maximum absolute atomic E-state index is 13.9. The number of carbonyl (C=O) groups is 2. The zero-order chi connectivity index (χ0) is 25.5. The van der Waals surface area contributed by atoms with Gasteiger partial charge in [-0.25, -0.2) is 4.98 Å². The Kier molecular flexibility index (Phi) is 6.10. The van der Waals surface area contributed by atoms with Crippen LogP contribution in [0.25, 0.3) is 5.65 Å². The molecule has 0 spiro atoms. The van der Waals surface area contributed by atoms with E-state index in [9.17, 15) is 9.59 Å². The van der Waals surface area contributed by atoms with Crippen molar-refractivity contribution in [3.8, 4) is 5.75 Å². The number of hydrogen-bond donors (Lipinski definition) is 1. The van der Waals surface area contributed by atoms with Crippen LogP contribution in [-0.2, 0) is 4.79 Å². The fraction of sp³-hybridized carbons (Fsp3) is 0.481. The van der Waals surface area contributed by atoms with Gasteiger partial charge in [0.25, 0.3) is 11.8 Å². The van der Waals surface area contributed by atoms with Gasteiger partial charge in [0, 0.05) is 51.9 Å². The van der Waals surface area contributed by atoms with Crippen molar-refractivity contribution in [2.45, 2.75) is 38.6 Å². The fourth-order valence-electron chi connectivity index (χ4n) is 5.35. The van der Waals surface area contributed by atoms with Gasteiger partial charge in [-0.2, -0.15) is 9.61 Å². The van der Waals surface area contributed by atoms with Crippen LogP contribution in [0, 0.1) is 6.92 Å². The third-order valence-electron chi connectivity index (χ3n) is 7.58. The lowest BCUT2D eigenvalue weighted by Gasteiger charge is -2.35. The van der Waals surface area contributed by atoms with Crippen LogP contribution in [0.1, 0.15) is 53.3 Å². The minimum absolute atomic E-state index is 0.0977. The summed E-state index contributed by atoms with van der Waals surface area (Å²) in [6.45, 7) is 5.49. The number of fused-ring (bicyclic) bond motifs is 4. The monoisotopic (exact) mass is 503 g/mol. The molecule has 2 fully saturated rings. The number of benzene rings is 1. The second-order valence-corrected chi connectivity index (χ2v) is 10.2. The SMILES string of the molecule is Cc1ccc2c(c1)C(=O)N1CCCCC1c1cc3nc(N4CCC4)cc(n3n1)N(C)CCNC(=O)CO2. The Balaban J connectivity index is 1.47.